The number of hydrogen-bond acceptors (Lipinski definition) is 3. The fraction of sp³-hybridized carbons (Fsp3) is 0.800. The summed E-state index contributed by atoms with van der Waals surface area (Å²) in [6.07, 6.45) is 4.84. The van der Waals surface area contributed by atoms with E-state index in [1.165, 1.54) is 12.8 Å². The second-order valence-electron chi connectivity index (χ2n) is 5.78. The van der Waals surface area contributed by atoms with Gasteiger partial charge in [0, 0.05) is 25.8 Å². The van der Waals surface area contributed by atoms with Crippen LogP contribution in [0.1, 0.15) is 37.4 Å². The molecule has 1 aliphatic carbocycles. The molecule has 4 nitrogen and oxygen atoms in total. The molecule has 0 amide bonds. The third-order valence-electron chi connectivity index (χ3n) is 4.11. The number of ether oxygens (including phenoxy) is 1. The van der Waals surface area contributed by atoms with Crippen LogP contribution < -0.4 is 5.32 Å². The molecule has 1 N–H and O–H groups in total. The molecule has 1 heterocycles. The van der Waals surface area contributed by atoms with Crippen molar-refractivity contribution < 1.29 is 4.74 Å². The highest BCUT2D eigenvalue weighted by atomic mass is 35.5. The zero-order chi connectivity index (χ0) is 14.7. The van der Waals surface area contributed by atoms with E-state index in [9.17, 15) is 0 Å². The Morgan fingerprint density at radius 1 is 1.50 bits per heavy atom. The smallest absolute Gasteiger partial charge is 0.130 e. The lowest BCUT2D eigenvalue weighted by molar-refractivity contribution is 0.0511. The van der Waals surface area contributed by atoms with Gasteiger partial charge in [-0.1, -0.05) is 18.5 Å². The van der Waals surface area contributed by atoms with Crippen molar-refractivity contribution in [2.45, 2.75) is 51.7 Å². The van der Waals surface area contributed by atoms with Crippen molar-refractivity contribution in [3.63, 3.8) is 0 Å². The van der Waals surface area contributed by atoms with E-state index in [-0.39, 0.29) is 6.10 Å². The van der Waals surface area contributed by atoms with E-state index in [1.807, 2.05) is 21.1 Å². The summed E-state index contributed by atoms with van der Waals surface area (Å²) in [6.45, 7) is 5.22. The van der Waals surface area contributed by atoms with Crippen molar-refractivity contribution in [1.29, 1.82) is 0 Å². The molecule has 1 fully saturated rings. The van der Waals surface area contributed by atoms with Crippen LogP contribution in [-0.4, -0.2) is 35.6 Å². The monoisotopic (exact) mass is 299 g/mol. The second kappa shape index (κ2) is 6.92. The van der Waals surface area contributed by atoms with Crippen LogP contribution >= 0.6 is 11.6 Å². The van der Waals surface area contributed by atoms with Gasteiger partial charge in [0.1, 0.15) is 5.15 Å². The maximum Gasteiger partial charge on any atom is 0.130 e. The van der Waals surface area contributed by atoms with E-state index in [0.29, 0.717) is 12.0 Å². The van der Waals surface area contributed by atoms with Crippen LogP contribution in [0.25, 0.3) is 0 Å². The predicted molar refractivity (Wildman–Crippen MR) is 82.3 cm³/mol. The maximum atomic E-state index is 6.37. The molecule has 1 aromatic rings. The van der Waals surface area contributed by atoms with Crippen LogP contribution in [0.5, 0.6) is 0 Å². The van der Waals surface area contributed by atoms with Crippen molar-refractivity contribution in [3.05, 3.63) is 16.4 Å². The van der Waals surface area contributed by atoms with E-state index in [4.69, 9.17) is 16.3 Å². The summed E-state index contributed by atoms with van der Waals surface area (Å²) in [5.41, 5.74) is 2.16. The Labute approximate surface area is 126 Å². The molecule has 1 saturated carbocycles. The number of nitrogens with one attached hydrogen (secondary N) is 1. The number of rotatable bonds is 8. The molecule has 2 rings (SSSR count). The molecule has 2 unspecified atom stereocenters. The number of nitrogens with zero attached hydrogens (tertiary/aromatic N) is 2. The standard InChI is InChI=1S/C15H26ClN3O/c1-5-8-17-13(14(20-4)11-6-7-11)9-12-10(2)18-19(3)15(12)16/h11,13-14,17H,5-9H2,1-4H3. The van der Waals surface area contributed by atoms with Crippen LogP contribution in [0.2, 0.25) is 5.15 Å². The van der Waals surface area contributed by atoms with Crippen molar-refractivity contribution >= 4 is 11.6 Å². The minimum absolute atomic E-state index is 0.275. The van der Waals surface area contributed by atoms with Gasteiger partial charge in [-0.2, -0.15) is 5.10 Å². The molecule has 20 heavy (non-hydrogen) atoms. The van der Waals surface area contributed by atoms with Crippen molar-refractivity contribution in [3.8, 4) is 0 Å². The first kappa shape index (κ1) is 15.8. The highest BCUT2D eigenvalue weighted by Crippen LogP contribution is 2.36. The summed E-state index contributed by atoms with van der Waals surface area (Å²) in [5, 5.41) is 8.79. The summed E-state index contributed by atoms with van der Waals surface area (Å²) in [6, 6.07) is 0.313. The van der Waals surface area contributed by atoms with Crippen LogP contribution in [-0.2, 0) is 18.2 Å². The summed E-state index contributed by atoms with van der Waals surface area (Å²) in [5.74, 6) is 0.699. The van der Waals surface area contributed by atoms with Crippen molar-refractivity contribution in [2.24, 2.45) is 13.0 Å². The third-order valence-corrected chi connectivity index (χ3v) is 4.58. The van der Waals surface area contributed by atoms with Gasteiger partial charge in [-0.05, 0) is 45.1 Å². The average molecular weight is 300 g/mol. The number of hydrogen-bond donors (Lipinski definition) is 1. The van der Waals surface area contributed by atoms with Gasteiger partial charge in [0.25, 0.3) is 0 Å². The molecular weight excluding hydrogens is 274 g/mol. The molecule has 0 saturated heterocycles. The molecule has 114 valence electrons. The Kier molecular flexibility index (Phi) is 5.47. The lowest BCUT2D eigenvalue weighted by Gasteiger charge is -2.27. The van der Waals surface area contributed by atoms with E-state index in [2.05, 4.69) is 17.3 Å². The molecular formula is C15H26ClN3O. The molecule has 0 bridgehead atoms. The van der Waals surface area contributed by atoms with E-state index >= 15 is 0 Å². The largest absolute Gasteiger partial charge is 0.380 e. The predicted octanol–water partition coefficient (Wildman–Crippen LogP) is 2.72. The molecule has 2 atom stereocenters. The Bertz CT molecular complexity index is 443. The van der Waals surface area contributed by atoms with Gasteiger partial charge in [-0.3, -0.25) is 4.68 Å². The summed E-state index contributed by atoms with van der Waals surface area (Å²) >= 11 is 6.37. The molecule has 0 aromatic carbocycles. The number of methoxy groups -OCH3 is 1. The minimum atomic E-state index is 0.275. The molecule has 0 spiro atoms. The number of halogens is 1. The van der Waals surface area contributed by atoms with Gasteiger partial charge in [0.2, 0.25) is 0 Å². The van der Waals surface area contributed by atoms with Crippen LogP contribution in [0.15, 0.2) is 0 Å². The van der Waals surface area contributed by atoms with Crippen LogP contribution in [0.3, 0.4) is 0 Å². The molecule has 0 radical (unpaired) electrons. The van der Waals surface area contributed by atoms with Crippen molar-refractivity contribution in [1.82, 2.24) is 15.1 Å². The van der Waals surface area contributed by atoms with Gasteiger partial charge in [-0.25, -0.2) is 0 Å². The normalized spacial score (nSPS) is 18.2. The van der Waals surface area contributed by atoms with Gasteiger partial charge in [0.05, 0.1) is 11.8 Å². The van der Waals surface area contributed by atoms with Crippen LogP contribution in [0, 0.1) is 12.8 Å². The minimum Gasteiger partial charge on any atom is -0.380 e. The number of aryl methyl sites for hydroxylation is 2. The van der Waals surface area contributed by atoms with Crippen LogP contribution in [0.4, 0.5) is 0 Å². The lowest BCUT2D eigenvalue weighted by Crippen LogP contribution is -2.44. The van der Waals surface area contributed by atoms with E-state index < -0.39 is 0 Å². The van der Waals surface area contributed by atoms with E-state index in [1.54, 1.807) is 4.68 Å². The second-order valence-corrected chi connectivity index (χ2v) is 6.14. The SMILES string of the molecule is CCCNC(Cc1c(C)nn(C)c1Cl)C(OC)C1CC1. The van der Waals surface area contributed by atoms with E-state index in [0.717, 1.165) is 35.8 Å². The number of aromatic nitrogens is 2. The quantitative estimate of drug-likeness (QED) is 0.802. The van der Waals surface area contributed by atoms with Gasteiger partial charge < -0.3 is 10.1 Å². The summed E-state index contributed by atoms with van der Waals surface area (Å²) in [4.78, 5) is 0. The molecule has 0 aliphatic heterocycles. The Balaban J connectivity index is 2.13. The van der Waals surface area contributed by atoms with Gasteiger partial charge in [-0.15, -0.1) is 0 Å². The zero-order valence-corrected chi connectivity index (χ0v) is 13.7. The highest BCUT2D eigenvalue weighted by molar-refractivity contribution is 6.30. The highest BCUT2D eigenvalue weighted by Gasteiger charge is 2.37. The topological polar surface area (TPSA) is 39.1 Å². The summed E-state index contributed by atoms with van der Waals surface area (Å²) in [7, 11) is 3.71. The average Bonchev–Trinajstić information content (AvgIpc) is 3.21. The first-order valence-electron chi connectivity index (χ1n) is 7.52. The summed E-state index contributed by atoms with van der Waals surface area (Å²) < 4.78 is 7.51. The maximum absolute atomic E-state index is 6.37. The zero-order valence-electron chi connectivity index (χ0n) is 12.9. The molecule has 1 aromatic heterocycles. The van der Waals surface area contributed by atoms with Crippen molar-refractivity contribution in [2.75, 3.05) is 13.7 Å². The van der Waals surface area contributed by atoms with Gasteiger partial charge in [0.15, 0.2) is 0 Å². The Morgan fingerprint density at radius 2 is 2.20 bits per heavy atom. The molecule has 1 aliphatic rings. The Morgan fingerprint density at radius 3 is 2.65 bits per heavy atom. The third kappa shape index (κ3) is 3.54. The van der Waals surface area contributed by atoms with Gasteiger partial charge >= 0.3 is 0 Å². The fourth-order valence-electron chi connectivity index (χ4n) is 2.87. The molecule has 5 heteroatoms. The first-order valence-corrected chi connectivity index (χ1v) is 7.90. The lowest BCUT2D eigenvalue weighted by atomic mass is 9.98. The fourth-order valence-corrected chi connectivity index (χ4v) is 3.12. The first-order chi connectivity index (χ1) is 9.58. The Hall–Kier alpha value is -0.580.